The minimum absolute atomic E-state index is 0.361. The van der Waals surface area contributed by atoms with Crippen LogP contribution in [0, 0.1) is 0 Å². The Bertz CT molecular complexity index is 225. The van der Waals surface area contributed by atoms with Crippen LogP contribution in [-0.2, 0) is 9.53 Å². The van der Waals surface area contributed by atoms with Gasteiger partial charge in [0.1, 0.15) is 11.6 Å². The summed E-state index contributed by atoms with van der Waals surface area (Å²) in [4.78, 5) is 11.6. The highest BCUT2D eigenvalue weighted by molar-refractivity contribution is 5.78. The zero-order valence-electron chi connectivity index (χ0n) is 8.83. The summed E-state index contributed by atoms with van der Waals surface area (Å²) in [5, 5.41) is 2.89. The minimum atomic E-state index is -0.531. The van der Waals surface area contributed by atoms with E-state index in [4.69, 9.17) is 16.2 Å². The largest absolute Gasteiger partial charge is 0.672 e. The molecule has 1 heterocycles. The van der Waals surface area contributed by atoms with E-state index < -0.39 is 23.7 Å². The maximum atomic E-state index is 11.6. The van der Waals surface area contributed by atoms with E-state index in [0.29, 0.717) is 6.54 Å². The molecule has 14 heavy (non-hydrogen) atoms. The van der Waals surface area contributed by atoms with E-state index >= 15 is 0 Å². The molecule has 4 N–H and O–H groups in total. The van der Waals surface area contributed by atoms with Gasteiger partial charge in [-0.1, -0.05) is 0 Å². The van der Waals surface area contributed by atoms with Crippen LogP contribution in [0.15, 0.2) is 0 Å². The Hall–Kier alpha value is -0.650. The van der Waals surface area contributed by atoms with E-state index in [1.165, 1.54) is 0 Å². The van der Waals surface area contributed by atoms with Crippen molar-refractivity contribution in [1.29, 1.82) is 0 Å². The SMILES string of the molecule is CC(C)(C)OC(=O)[C@H]1NC[C@H]([NH-])[C@@H]1N. The number of carbonyl (C=O) groups excluding carboxylic acids is 1. The molecule has 1 aliphatic rings. The molecule has 0 spiro atoms. The van der Waals surface area contributed by atoms with Crippen LogP contribution in [0.3, 0.4) is 0 Å². The molecule has 0 radical (unpaired) electrons. The molecule has 0 saturated carbocycles. The van der Waals surface area contributed by atoms with Crippen molar-refractivity contribution < 1.29 is 9.53 Å². The highest BCUT2D eigenvalue weighted by atomic mass is 16.6. The predicted octanol–water partition coefficient (Wildman–Crippen LogP) is 0.0480. The average Bonchev–Trinajstić information content (AvgIpc) is 2.29. The van der Waals surface area contributed by atoms with Gasteiger partial charge in [-0.2, -0.15) is 0 Å². The summed E-state index contributed by atoms with van der Waals surface area (Å²) in [6, 6.07) is -1.42. The molecule has 0 aromatic carbocycles. The summed E-state index contributed by atoms with van der Waals surface area (Å²) in [5.74, 6) is -0.361. The molecular weight excluding hydrogens is 182 g/mol. The zero-order chi connectivity index (χ0) is 10.9. The lowest BCUT2D eigenvalue weighted by Gasteiger charge is -2.25. The number of hydrogen-bond donors (Lipinski definition) is 2. The quantitative estimate of drug-likeness (QED) is 0.585. The Balaban J connectivity index is 2.54. The summed E-state index contributed by atoms with van der Waals surface area (Å²) < 4.78 is 5.18. The van der Waals surface area contributed by atoms with Gasteiger partial charge in [-0.25, -0.2) is 0 Å². The van der Waals surface area contributed by atoms with Gasteiger partial charge in [-0.05, 0) is 27.3 Å². The van der Waals surface area contributed by atoms with Gasteiger partial charge in [0.15, 0.2) is 0 Å². The first-order valence-electron chi connectivity index (χ1n) is 4.74. The van der Waals surface area contributed by atoms with E-state index in [9.17, 15) is 4.79 Å². The molecule has 5 nitrogen and oxygen atoms in total. The first-order valence-corrected chi connectivity index (χ1v) is 4.74. The van der Waals surface area contributed by atoms with Gasteiger partial charge in [-0.15, -0.1) is 6.04 Å². The van der Waals surface area contributed by atoms with Crippen LogP contribution < -0.4 is 11.1 Å². The smallest absolute Gasteiger partial charge is 0.325 e. The molecule has 1 saturated heterocycles. The van der Waals surface area contributed by atoms with Crippen molar-refractivity contribution in [3.63, 3.8) is 0 Å². The highest BCUT2D eigenvalue weighted by Crippen LogP contribution is 2.14. The number of rotatable bonds is 1. The van der Waals surface area contributed by atoms with Crippen LogP contribution in [0.4, 0.5) is 0 Å². The van der Waals surface area contributed by atoms with Crippen molar-refractivity contribution in [2.24, 2.45) is 5.73 Å². The average molecular weight is 200 g/mol. The monoisotopic (exact) mass is 200 g/mol. The second-order valence-electron chi connectivity index (χ2n) is 4.60. The van der Waals surface area contributed by atoms with Crippen molar-refractivity contribution in [1.82, 2.24) is 5.32 Å². The third-order valence-electron chi connectivity index (χ3n) is 2.07. The molecular formula is C9H18N3O2-. The lowest BCUT2D eigenvalue weighted by Crippen LogP contribution is -2.47. The normalized spacial score (nSPS) is 33.1. The van der Waals surface area contributed by atoms with E-state index in [0.717, 1.165) is 0 Å². The van der Waals surface area contributed by atoms with Gasteiger partial charge in [0.25, 0.3) is 0 Å². The van der Waals surface area contributed by atoms with Gasteiger partial charge in [-0.3, -0.25) is 4.79 Å². The molecule has 0 aromatic heterocycles. The first kappa shape index (κ1) is 11.4. The van der Waals surface area contributed by atoms with Crippen molar-refractivity contribution in [3.05, 3.63) is 5.73 Å². The van der Waals surface area contributed by atoms with Gasteiger partial charge in [0.05, 0.1) is 0 Å². The molecule has 0 unspecified atom stereocenters. The highest BCUT2D eigenvalue weighted by Gasteiger charge is 2.35. The number of esters is 1. The molecule has 1 fully saturated rings. The van der Waals surface area contributed by atoms with Gasteiger partial charge < -0.3 is 21.5 Å². The van der Waals surface area contributed by atoms with Crippen LogP contribution in [0.1, 0.15) is 20.8 Å². The maximum absolute atomic E-state index is 11.6. The number of nitrogens with two attached hydrogens (primary N) is 1. The number of hydrogen-bond acceptors (Lipinski definition) is 4. The van der Waals surface area contributed by atoms with Crippen molar-refractivity contribution in [3.8, 4) is 0 Å². The predicted molar refractivity (Wildman–Crippen MR) is 53.7 cm³/mol. The molecule has 0 amide bonds. The summed E-state index contributed by atoms with van der Waals surface area (Å²) in [6.07, 6.45) is 0. The second kappa shape index (κ2) is 3.84. The van der Waals surface area contributed by atoms with Crippen LogP contribution >= 0.6 is 0 Å². The lowest BCUT2D eigenvalue weighted by atomic mass is 10.1. The van der Waals surface area contributed by atoms with E-state index in [-0.39, 0.29) is 5.97 Å². The molecule has 1 aliphatic heterocycles. The Morgan fingerprint density at radius 3 is 2.50 bits per heavy atom. The van der Waals surface area contributed by atoms with Crippen molar-refractivity contribution in [2.75, 3.05) is 6.54 Å². The van der Waals surface area contributed by atoms with Crippen LogP contribution in [0.2, 0.25) is 0 Å². The molecule has 1 rings (SSSR count). The summed E-state index contributed by atoms with van der Waals surface area (Å²) in [5.41, 5.74) is 12.7. The fourth-order valence-electron chi connectivity index (χ4n) is 1.36. The molecule has 3 atom stereocenters. The van der Waals surface area contributed by atoms with Gasteiger partial charge in [0, 0.05) is 6.04 Å². The molecule has 0 aliphatic carbocycles. The van der Waals surface area contributed by atoms with Crippen molar-refractivity contribution >= 4 is 5.97 Å². The Kier molecular flexibility index (Phi) is 3.14. The van der Waals surface area contributed by atoms with E-state index in [1.54, 1.807) is 0 Å². The minimum Gasteiger partial charge on any atom is -0.672 e. The molecule has 0 aromatic rings. The molecule has 0 bridgehead atoms. The summed E-state index contributed by atoms with van der Waals surface area (Å²) >= 11 is 0. The van der Waals surface area contributed by atoms with Gasteiger partial charge in [0.2, 0.25) is 0 Å². The maximum Gasteiger partial charge on any atom is 0.325 e. The van der Waals surface area contributed by atoms with Crippen molar-refractivity contribution in [2.45, 2.75) is 44.5 Å². The molecule has 5 heteroatoms. The Morgan fingerprint density at radius 1 is 1.57 bits per heavy atom. The lowest BCUT2D eigenvalue weighted by molar-refractivity contribution is -0.157. The number of ether oxygens (including phenoxy) is 1. The topological polar surface area (TPSA) is 88.1 Å². The van der Waals surface area contributed by atoms with E-state index in [2.05, 4.69) is 5.32 Å². The first-order chi connectivity index (χ1) is 6.31. The van der Waals surface area contributed by atoms with Crippen LogP contribution in [-0.4, -0.2) is 36.2 Å². The Labute approximate surface area is 84.2 Å². The number of nitrogens with one attached hydrogen (secondary N) is 2. The van der Waals surface area contributed by atoms with E-state index in [1.807, 2.05) is 20.8 Å². The van der Waals surface area contributed by atoms with Crippen LogP contribution in [0.25, 0.3) is 5.73 Å². The van der Waals surface area contributed by atoms with Crippen LogP contribution in [0.5, 0.6) is 0 Å². The molecule has 82 valence electrons. The summed E-state index contributed by atoms with van der Waals surface area (Å²) in [7, 11) is 0. The van der Waals surface area contributed by atoms with Gasteiger partial charge >= 0.3 is 5.97 Å². The Morgan fingerprint density at radius 2 is 2.14 bits per heavy atom. The zero-order valence-corrected chi connectivity index (χ0v) is 8.83. The fraction of sp³-hybridized carbons (Fsp3) is 0.889. The standard InChI is InChI=1S/C9H18N3O2/c1-9(2,3)14-8(13)7-6(11)5(10)4-12-7/h5-7,10,12H,4,11H2,1-3H3/q-1/t5-,6-,7-/m0/s1. The second-order valence-corrected chi connectivity index (χ2v) is 4.60. The third-order valence-corrected chi connectivity index (χ3v) is 2.07. The summed E-state index contributed by atoms with van der Waals surface area (Å²) in [6.45, 7) is 5.88. The third kappa shape index (κ3) is 2.67. The number of carbonyl (C=O) groups is 1. The fourth-order valence-corrected chi connectivity index (χ4v) is 1.36.